The zero-order chi connectivity index (χ0) is 105. The van der Waals surface area contributed by atoms with Crippen molar-refractivity contribution in [2.24, 2.45) is 0 Å². The summed E-state index contributed by atoms with van der Waals surface area (Å²) in [4.78, 5) is 0. The Bertz CT molecular complexity index is 2720. The molecule has 0 bridgehead atoms. The number of hydrogen-bond donors (Lipinski definition) is 0. The van der Waals surface area contributed by atoms with E-state index < -0.39 is 261 Å². The van der Waals surface area contributed by atoms with Crippen LogP contribution in [0.1, 0.15) is 80.1 Å². The van der Waals surface area contributed by atoms with E-state index >= 15 is 0 Å². The highest BCUT2D eigenvalue weighted by molar-refractivity contribution is 5.13. The maximum Gasteiger partial charge on any atom is 0.460 e. The maximum atomic E-state index is 12.6. The zero-order valence-electron chi connectivity index (χ0n) is 57.9. The van der Waals surface area contributed by atoms with E-state index in [-0.39, 0.29) is 0 Å². The summed E-state index contributed by atoms with van der Waals surface area (Å²) in [6, 6.07) is 0. The highest BCUT2D eigenvalue weighted by Gasteiger charge is 2.95. The molecular formula is C49H36F76. The van der Waals surface area contributed by atoms with Crippen LogP contribution in [0.25, 0.3) is 0 Å². The summed E-state index contributed by atoms with van der Waals surface area (Å²) >= 11 is 0. The van der Waals surface area contributed by atoms with Gasteiger partial charge in [-0.25, -0.2) is 26.3 Å². The van der Waals surface area contributed by atoms with Crippen LogP contribution in [0.4, 0.5) is 334 Å². The Morgan fingerprint density at radius 3 is 0.216 bits per heavy atom. The number of halogens is 76. The molecule has 0 N–H and O–H groups in total. The molecule has 0 amide bonds. The average Bonchev–Trinajstić information content (AvgIpc) is 0.707. The van der Waals surface area contributed by atoms with Gasteiger partial charge in [0.2, 0.25) is 0 Å². The van der Waals surface area contributed by atoms with E-state index in [0.717, 1.165) is 0 Å². The normalized spacial score (nSPS) is 17.0. The first-order valence-electron chi connectivity index (χ1n) is 29.0. The van der Waals surface area contributed by atoms with Crippen LogP contribution in [0.3, 0.4) is 0 Å². The maximum absolute atomic E-state index is 12.6. The molecule has 0 nitrogen and oxygen atoms in total. The first-order valence-corrected chi connectivity index (χ1v) is 29.0. The summed E-state index contributed by atoms with van der Waals surface area (Å²) in [5.74, 6) is -161. The molecule has 0 rings (SSSR count). The second-order valence-corrected chi connectivity index (χ2v) is 22.7. The van der Waals surface area contributed by atoms with E-state index in [1.54, 1.807) is 0 Å². The van der Waals surface area contributed by atoms with Crippen LogP contribution in [0, 0.1) is 0 Å². The Hall–Kier alpha value is -5.32. The SMILES string of the molecule is CCC(F)C(F)(F)C(F)(F)C(F)(F)C(F)(F)F.CCC(F)C(F)(F)C(F)(F)C(F)(F)C(F)(F)F.CCC(F)C(F)(F)C(F)(F)C(F)(F)C(F)(F)F.CCC(F)C(F)(F)C(F)(F)C(F)(F)C(F)(F)F.CCC(F)C(F)(F)C(F)(F)C(F)(F)C(F)(F)F.CCC(F)C(F)(F)C(F)(F)C(F)(F)C(F)(F)F.FC(F)(F)C(F)(F)C(F)(F)C(F)(F)C(F)(F)C(F)(F)C(F)(F)F. The number of alkyl halides is 76. The first kappa shape index (κ1) is 133. The first-order chi connectivity index (χ1) is 52.9. The van der Waals surface area contributed by atoms with Crippen molar-refractivity contribution < 1.29 is 334 Å². The molecule has 0 aromatic rings. The van der Waals surface area contributed by atoms with Gasteiger partial charge < -0.3 is 0 Å². The third-order valence-corrected chi connectivity index (χ3v) is 13.8. The Balaban J connectivity index is -0.000000261. The van der Waals surface area contributed by atoms with Gasteiger partial charge in [0.05, 0.1) is 0 Å². The topological polar surface area (TPSA) is 0 Å². The van der Waals surface area contributed by atoms with Crippen LogP contribution in [0.15, 0.2) is 0 Å². The highest BCUT2D eigenvalue weighted by Crippen LogP contribution is 2.65. The summed E-state index contributed by atoms with van der Waals surface area (Å²) in [5.41, 5.74) is 0. The van der Waals surface area contributed by atoms with Gasteiger partial charge in [0.1, 0.15) is 0 Å². The summed E-state index contributed by atoms with van der Waals surface area (Å²) in [7, 11) is 0. The fourth-order valence-electron chi connectivity index (χ4n) is 5.99. The largest absolute Gasteiger partial charge is 0.460 e. The molecule has 0 saturated carbocycles. The lowest BCUT2D eigenvalue weighted by Gasteiger charge is -2.39. The molecule has 0 saturated heterocycles. The molecule has 0 spiro atoms. The summed E-state index contributed by atoms with van der Waals surface area (Å²) in [6.07, 6.45) is -87.7. The third kappa shape index (κ3) is 24.1. The lowest BCUT2D eigenvalue weighted by Crippen LogP contribution is -2.72. The van der Waals surface area contributed by atoms with Gasteiger partial charge in [-0.05, 0) is 38.5 Å². The molecular weight excluding hydrogens is 2030 g/mol. The van der Waals surface area contributed by atoms with E-state index in [4.69, 9.17) is 0 Å². The van der Waals surface area contributed by atoms with Crippen LogP contribution < -0.4 is 0 Å². The molecule has 6 unspecified atom stereocenters. The monoisotopic (exact) mass is 2070 g/mol. The molecule has 0 fully saturated rings. The molecule has 0 radical (unpaired) electrons. The molecule has 76 heteroatoms. The van der Waals surface area contributed by atoms with Crippen molar-refractivity contribution in [3.8, 4) is 0 Å². The van der Waals surface area contributed by atoms with E-state index in [9.17, 15) is 334 Å². The van der Waals surface area contributed by atoms with Crippen molar-refractivity contribution in [1.82, 2.24) is 0 Å². The van der Waals surface area contributed by atoms with Crippen molar-refractivity contribution in [3.63, 3.8) is 0 Å². The zero-order valence-corrected chi connectivity index (χ0v) is 57.9. The van der Waals surface area contributed by atoms with E-state index in [0.29, 0.717) is 41.5 Å². The van der Waals surface area contributed by atoms with Crippen LogP contribution in [-0.2, 0) is 0 Å². The standard InChI is InChI=1S/C7F16.6C7H6F10/c8-1(9,2(10,11)4(14,15)6(18,19)20)3(12,13)5(16,17)7(21,22)23;6*1-2-3(8)4(9,10)5(11,12)6(13,14)7(15,16)17/h;6*3H,2H2,1H3. The van der Waals surface area contributed by atoms with Gasteiger partial charge in [0.25, 0.3) is 0 Å². The fraction of sp³-hybridized carbons (Fsp3) is 1.00. The summed E-state index contributed by atoms with van der Waals surface area (Å²) in [6.45, 7) is 3.59. The Morgan fingerprint density at radius 2 is 0.160 bits per heavy atom. The smallest absolute Gasteiger partial charge is 0.241 e. The second-order valence-electron chi connectivity index (χ2n) is 22.7. The van der Waals surface area contributed by atoms with E-state index in [1.165, 1.54) is 0 Å². The van der Waals surface area contributed by atoms with Crippen molar-refractivity contribution in [3.05, 3.63) is 0 Å². The minimum absolute atomic E-state index is 0.598. The fourth-order valence-corrected chi connectivity index (χ4v) is 5.99. The molecule has 0 aliphatic heterocycles. The average molecular weight is 2070 g/mol. The van der Waals surface area contributed by atoms with Crippen LogP contribution >= 0.6 is 0 Å². The predicted molar refractivity (Wildman–Crippen MR) is 253 cm³/mol. The van der Waals surface area contributed by atoms with Crippen molar-refractivity contribution in [2.45, 2.75) is 303 Å². The molecule has 0 heterocycles. The molecule has 0 aromatic carbocycles. The second kappa shape index (κ2) is 39.2. The Morgan fingerprint density at radius 1 is 0.104 bits per heavy atom. The number of rotatable bonds is 28. The Labute approximate surface area is 637 Å². The minimum Gasteiger partial charge on any atom is -0.241 e. The molecule has 125 heavy (non-hydrogen) atoms. The summed E-state index contributed by atoms with van der Waals surface area (Å²) < 4.78 is 921. The molecule has 6 atom stereocenters. The third-order valence-electron chi connectivity index (χ3n) is 13.8. The molecule has 764 valence electrons. The summed E-state index contributed by atoms with van der Waals surface area (Å²) in [5, 5.41) is 0. The highest BCUT2D eigenvalue weighted by atomic mass is 19.5. The van der Waals surface area contributed by atoms with E-state index in [1.807, 2.05) is 0 Å². The lowest BCUT2D eigenvalue weighted by molar-refractivity contribution is -0.461. The lowest BCUT2D eigenvalue weighted by atomic mass is 9.94. The Kier molecular flexibility index (Phi) is 41.7. The van der Waals surface area contributed by atoms with Crippen molar-refractivity contribution in [2.75, 3.05) is 0 Å². The minimum atomic E-state index is -8.43. The molecule has 0 aromatic heterocycles. The van der Waals surface area contributed by atoms with Crippen LogP contribution in [-0.4, -0.2) is 223 Å². The van der Waals surface area contributed by atoms with Crippen LogP contribution in [0.5, 0.6) is 0 Å². The molecule has 0 aliphatic carbocycles. The quantitative estimate of drug-likeness (QED) is 0.0685. The van der Waals surface area contributed by atoms with E-state index in [2.05, 4.69) is 0 Å². The number of hydrogen-bond acceptors (Lipinski definition) is 0. The van der Waals surface area contributed by atoms with Gasteiger partial charge in [0, 0.05) is 0 Å². The van der Waals surface area contributed by atoms with Crippen LogP contribution in [0.2, 0.25) is 0 Å². The van der Waals surface area contributed by atoms with Gasteiger partial charge in [-0.3, -0.25) is 0 Å². The molecule has 0 aliphatic rings. The predicted octanol–water partition coefficient (Wildman–Crippen LogP) is 30.5. The van der Waals surface area contributed by atoms with Gasteiger partial charge >= 0.3 is 186 Å². The van der Waals surface area contributed by atoms with Crippen molar-refractivity contribution in [1.29, 1.82) is 0 Å². The van der Waals surface area contributed by atoms with Gasteiger partial charge in [0.15, 0.2) is 37.0 Å². The van der Waals surface area contributed by atoms with Gasteiger partial charge in [-0.2, -0.15) is 307 Å². The van der Waals surface area contributed by atoms with Gasteiger partial charge in [-0.1, -0.05) is 41.5 Å². The van der Waals surface area contributed by atoms with Gasteiger partial charge in [-0.15, -0.1) is 0 Å². The van der Waals surface area contributed by atoms with Crippen molar-refractivity contribution >= 4 is 0 Å².